The van der Waals surface area contributed by atoms with E-state index >= 15 is 0 Å². The first-order valence-electron chi connectivity index (χ1n) is 9.74. The summed E-state index contributed by atoms with van der Waals surface area (Å²) in [7, 11) is 1.72. The molecule has 0 aliphatic carbocycles. The standard InChI is InChI=1S/C22H27N3O2/c1-27-21-9-5-3-7-18(21)20-16-23-12-15-24(20)13-11-22(26)25-14-10-17-6-2-4-8-19(17)25/h2-9,20,23H,10-16H2,1H3. The third-order valence-corrected chi connectivity index (χ3v) is 5.65. The summed E-state index contributed by atoms with van der Waals surface area (Å²) < 4.78 is 5.56. The summed E-state index contributed by atoms with van der Waals surface area (Å²) in [5.74, 6) is 1.13. The number of fused-ring (bicyclic) bond motifs is 1. The maximum atomic E-state index is 12.9. The summed E-state index contributed by atoms with van der Waals surface area (Å²) in [5, 5.41) is 3.48. The molecule has 0 radical (unpaired) electrons. The molecule has 2 heterocycles. The highest BCUT2D eigenvalue weighted by Crippen LogP contribution is 2.31. The number of methoxy groups -OCH3 is 1. The van der Waals surface area contributed by atoms with Gasteiger partial charge >= 0.3 is 0 Å². The molecule has 0 spiro atoms. The highest BCUT2D eigenvalue weighted by atomic mass is 16.5. The van der Waals surface area contributed by atoms with Crippen LogP contribution < -0.4 is 15.0 Å². The number of hydrogen-bond acceptors (Lipinski definition) is 4. The first kappa shape index (κ1) is 18.0. The number of piperazine rings is 1. The molecule has 142 valence electrons. The van der Waals surface area contributed by atoms with E-state index in [1.165, 1.54) is 11.1 Å². The number of nitrogens with zero attached hydrogens (tertiary/aromatic N) is 2. The molecular weight excluding hydrogens is 338 g/mol. The largest absolute Gasteiger partial charge is 0.496 e. The van der Waals surface area contributed by atoms with Gasteiger partial charge in [0.25, 0.3) is 0 Å². The van der Waals surface area contributed by atoms with Crippen molar-refractivity contribution in [2.24, 2.45) is 0 Å². The maximum Gasteiger partial charge on any atom is 0.228 e. The van der Waals surface area contributed by atoms with Gasteiger partial charge in [-0.3, -0.25) is 9.69 Å². The minimum Gasteiger partial charge on any atom is -0.496 e. The zero-order valence-corrected chi connectivity index (χ0v) is 15.9. The van der Waals surface area contributed by atoms with Crippen molar-refractivity contribution in [3.05, 3.63) is 59.7 Å². The van der Waals surface area contributed by atoms with Gasteiger partial charge in [-0.1, -0.05) is 36.4 Å². The summed E-state index contributed by atoms with van der Waals surface area (Å²) in [6.07, 6.45) is 1.50. The fourth-order valence-electron chi connectivity index (χ4n) is 4.23. The predicted molar refractivity (Wildman–Crippen MR) is 107 cm³/mol. The van der Waals surface area contributed by atoms with Crippen molar-refractivity contribution in [1.29, 1.82) is 0 Å². The van der Waals surface area contributed by atoms with Gasteiger partial charge in [0, 0.05) is 50.4 Å². The summed E-state index contributed by atoms with van der Waals surface area (Å²) in [6, 6.07) is 16.7. The van der Waals surface area contributed by atoms with Gasteiger partial charge in [0.05, 0.1) is 13.2 Å². The average Bonchev–Trinajstić information content (AvgIpc) is 3.16. The first-order chi connectivity index (χ1) is 13.3. The van der Waals surface area contributed by atoms with Crippen LogP contribution >= 0.6 is 0 Å². The first-order valence-corrected chi connectivity index (χ1v) is 9.74. The fourth-order valence-corrected chi connectivity index (χ4v) is 4.23. The third kappa shape index (κ3) is 3.70. The minimum absolute atomic E-state index is 0.220. The van der Waals surface area contributed by atoms with E-state index in [-0.39, 0.29) is 11.9 Å². The van der Waals surface area contributed by atoms with E-state index in [4.69, 9.17) is 4.74 Å². The molecule has 0 aromatic heterocycles. The van der Waals surface area contributed by atoms with Crippen molar-refractivity contribution in [3.63, 3.8) is 0 Å². The van der Waals surface area contributed by atoms with Gasteiger partial charge in [-0.2, -0.15) is 0 Å². The van der Waals surface area contributed by atoms with Crippen molar-refractivity contribution in [2.45, 2.75) is 18.9 Å². The van der Waals surface area contributed by atoms with Gasteiger partial charge in [0.15, 0.2) is 0 Å². The molecule has 5 heteroatoms. The van der Waals surface area contributed by atoms with Gasteiger partial charge in [0.2, 0.25) is 5.91 Å². The Morgan fingerprint density at radius 1 is 1.15 bits per heavy atom. The van der Waals surface area contributed by atoms with Gasteiger partial charge in [-0.25, -0.2) is 0 Å². The molecule has 2 aromatic carbocycles. The van der Waals surface area contributed by atoms with E-state index in [0.717, 1.165) is 50.6 Å². The number of benzene rings is 2. The van der Waals surface area contributed by atoms with Crippen LogP contribution in [0, 0.1) is 0 Å². The lowest BCUT2D eigenvalue weighted by Crippen LogP contribution is -2.47. The van der Waals surface area contributed by atoms with Crippen molar-refractivity contribution in [2.75, 3.05) is 44.7 Å². The Labute approximate surface area is 160 Å². The quantitative estimate of drug-likeness (QED) is 0.885. The van der Waals surface area contributed by atoms with Gasteiger partial charge in [-0.15, -0.1) is 0 Å². The SMILES string of the molecule is COc1ccccc1C1CNCCN1CCC(=O)N1CCc2ccccc21. The summed E-state index contributed by atoms with van der Waals surface area (Å²) in [4.78, 5) is 17.2. The van der Waals surface area contributed by atoms with E-state index in [0.29, 0.717) is 6.42 Å². The smallest absolute Gasteiger partial charge is 0.228 e. The molecule has 27 heavy (non-hydrogen) atoms. The molecule has 1 fully saturated rings. The maximum absolute atomic E-state index is 12.9. The Kier molecular flexibility index (Phi) is 5.41. The Bertz CT molecular complexity index is 808. The normalized spacial score (nSPS) is 19.7. The van der Waals surface area contributed by atoms with E-state index in [9.17, 15) is 4.79 Å². The van der Waals surface area contributed by atoms with E-state index in [2.05, 4.69) is 34.5 Å². The minimum atomic E-state index is 0.220. The zero-order valence-electron chi connectivity index (χ0n) is 15.9. The van der Waals surface area contributed by atoms with Crippen LogP contribution in [-0.2, 0) is 11.2 Å². The molecule has 1 saturated heterocycles. The van der Waals surface area contributed by atoms with E-state index in [1.807, 2.05) is 29.2 Å². The zero-order chi connectivity index (χ0) is 18.6. The molecule has 1 atom stereocenters. The van der Waals surface area contributed by atoms with Crippen LogP contribution in [0.1, 0.15) is 23.6 Å². The number of para-hydroxylation sites is 2. The van der Waals surface area contributed by atoms with Crippen LogP contribution in [-0.4, -0.2) is 50.6 Å². The fraction of sp³-hybridized carbons (Fsp3) is 0.409. The Hall–Kier alpha value is -2.37. The molecule has 1 unspecified atom stereocenters. The van der Waals surface area contributed by atoms with Crippen molar-refractivity contribution < 1.29 is 9.53 Å². The van der Waals surface area contributed by atoms with Gasteiger partial charge in [-0.05, 0) is 24.1 Å². The molecule has 2 aliphatic heterocycles. The molecule has 4 rings (SSSR count). The summed E-state index contributed by atoms with van der Waals surface area (Å²) in [5.41, 5.74) is 3.55. The second kappa shape index (κ2) is 8.11. The van der Waals surface area contributed by atoms with Crippen molar-refractivity contribution in [3.8, 4) is 5.75 Å². The number of amides is 1. The highest BCUT2D eigenvalue weighted by Gasteiger charge is 2.28. The lowest BCUT2D eigenvalue weighted by atomic mass is 10.0. The van der Waals surface area contributed by atoms with Gasteiger partial charge < -0.3 is 15.0 Å². The van der Waals surface area contributed by atoms with Crippen LogP contribution in [0.5, 0.6) is 5.75 Å². The lowest BCUT2D eigenvalue weighted by Gasteiger charge is -2.37. The molecule has 0 bridgehead atoms. The Morgan fingerprint density at radius 2 is 1.96 bits per heavy atom. The van der Waals surface area contributed by atoms with Crippen LogP contribution in [0.25, 0.3) is 0 Å². The van der Waals surface area contributed by atoms with Crippen LogP contribution in [0.4, 0.5) is 5.69 Å². The Balaban J connectivity index is 1.44. The molecule has 1 N–H and O–H groups in total. The van der Waals surface area contributed by atoms with Crippen molar-refractivity contribution in [1.82, 2.24) is 10.2 Å². The number of carbonyl (C=O) groups is 1. The number of hydrogen-bond donors (Lipinski definition) is 1. The lowest BCUT2D eigenvalue weighted by molar-refractivity contribution is -0.119. The summed E-state index contributed by atoms with van der Waals surface area (Å²) >= 11 is 0. The monoisotopic (exact) mass is 365 g/mol. The molecular formula is C22H27N3O2. The topological polar surface area (TPSA) is 44.8 Å². The molecule has 2 aromatic rings. The van der Waals surface area contributed by atoms with Gasteiger partial charge in [0.1, 0.15) is 5.75 Å². The highest BCUT2D eigenvalue weighted by molar-refractivity contribution is 5.95. The molecule has 1 amide bonds. The molecule has 0 saturated carbocycles. The van der Waals surface area contributed by atoms with Crippen LogP contribution in [0.15, 0.2) is 48.5 Å². The number of rotatable bonds is 5. The number of nitrogens with one attached hydrogen (secondary N) is 1. The Morgan fingerprint density at radius 3 is 2.85 bits per heavy atom. The number of carbonyl (C=O) groups excluding carboxylic acids is 1. The summed E-state index contributed by atoms with van der Waals surface area (Å²) in [6.45, 7) is 4.33. The second-order valence-electron chi connectivity index (χ2n) is 7.17. The van der Waals surface area contributed by atoms with Crippen molar-refractivity contribution >= 4 is 11.6 Å². The molecule has 2 aliphatic rings. The predicted octanol–water partition coefficient (Wildman–Crippen LogP) is 2.62. The third-order valence-electron chi connectivity index (χ3n) is 5.65. The number of ether oxygens (including phenoxy) is 1. The van der Waals surface area contributed by atoms with Crippen LogP contribution in [0.2, 0.25) is 0 Å². The number of anilines is 1. The van der Waals surface area contributed by atoms with E-state index < -0.39 is 0 Å². The average molecular weight is 365 g/mol. The second-order valence-corrected chi connectivity index (χ2v) is 7.17. The van der Waals surface area contributed by atoms with E-state index in [1.54, 1.807) is 7.11 Å². The molecule has 5 nitrogen and oxygen atoms in total. The van der Waals surface area contributed by atoms with Crippen LogP contribution in [0.3, 0.4) is 0 Å².